The molecule has 2 nitrogen and oxygen atoms in total. The highest BCUT2D eigenvalue weighted by Gasteiger charge is 2.26. The quantitative estimate of drug-likeness (QED) is 0.896. The lowest BCUT2D eigenvalue weighted by molar-refractivity contribution is 0.165. The number of likely N-dealkylation sites (N-methyl/N-ethyl adjacent to an activating group) is 1. The van der Waals surface area contributed by atoms with Crippen molar-refractivity contribution in [3.05, 3.63) is 35.6 Å². The Bertz CT molecular complexity index is 470. The molecule has 0 radical (unpaired) electrons. The van der Waals surface area contributed by atoms with Gasteiger partial charge in [-0.1, -0.05) is 25.0 Å². The predicted molar refractivity (Wildman–Crippen MR) is 89.5 cm³/mol. The van der Waals surface area contributed by atoms with Crippen LogP contribution in [0.1, 0.15) is 37.7 Å². The van der Waals surface area contributed by atoms with Crippen LogP contribution in [0.25, 0.3) is 0 Å². The van der Waals surface area contributed by atoms with Gasteiger partial charge in [0.15, 0.2) is 0 Å². The van der Waals surface area contributed by atoms with Crippen molar-refractivity contribution in [1.82, 2.24) is 10.2 Å². The standard InChI is InChI=1S/C19H29FN2/c1-22-13-17(9-16-7-4-8-18(20)10-16)11-19(14-22)21-12-15-5-2-3-6-15/h4,7-8,10,15,17,19,21H,2-3,5-6,9,11-14H2,1H3. The van der Waals surface area contributed by atoms with Crippen LogP contribution < -0.4 is 5.32 Å². The van der Waals surface area contributed by atoms with Crippen LogP contribution in [-0.4, -0.2) is 37.6 Å². The minimum absolute atomic E-state index is 0.113. The van der Waals surface area contributed by atoms with Crippen molar-refractivity contribution in [2.24, 2.45) is 11.8 Å². The maximum atomic E-state index is 13.3. The summed E-state index contributed by atoms with van der Waals surface area (Å²) in [6, 6.07) is 7.70. The van der Waals surface area contributed by atoms with Crippen LogP contribution >= 0.6 is 0 Å². The number of nitrogens with zero attached hydrogens (tertiary/aromatic N) is 1. The highest BCUT2D eigenvalue weighted by Crippen LogP contribution is 2.25. The fraction of sp³-hybridized carbons (Fsp3) is 0.684. The minimum atomic E-state index is -0.113. The summed E-state index contributed by atoms with van der Waals surface area (Å²) >= 11 is 0. The molecule has 2 fully saturated rings. The molecule has 2 unspecified atom stereocenters. The number of benzene rings is 1. The number of likely N-dealkylation sites (tertiary alicyclic amines) is 1. The molecule has 1 aromatic rings. The molecule has 2 atom stereocenters. The van der Waals surface area contributed by atoms with Crippen molar-refractivity contribution >= 4 is 0 Å². The van der Waals surface area contributed by atoms with Crippen LogP contribution in [0.3, 0.4) is 0 Å². The molecule has 2 aliphatic rings. The van der Waals surface area contributed by atoms with Gasteiger partial charge in [-0.3, -0.25) is 0 Å². The number of hydrogen-bond donors (Lipinski definition) is 1. The highest BCUT2D eigenvalue weighted by atomic mass is 19.1. The number of rotatable bonds is 5. The minimum Gasteiger partial charge on any atom is -0.312 e. The van der Waals surface area contributed by atoms with Crippen molar-refractivity contribution in [3.8, 4) is 0 Å². The maximum Gasteiger partial charge on any atom is 0.123 e. The van der Waals surface area contributed by atoms with Gasteiger partial charge < -0.3 is 10.2 Å². The van der Waals surface area contributed by atoms with Gasteiger partial charge in [-0.25, -0.2) is 4.39 Å². The van der Waals surface area contributed by atoms with E-state index in [1.807, 2.05) is 6.07 Å². The predicted octanol–water partition coefficient (Wildman–Crippen LogP) is 3.47. The Hall–Kier alpha value is -0.930. The van der Waals surface area contributed by atoms with Gasteiger partial charge in [0.05, 0.1) is 0 Å². The number of halogens is 1. The molecule has 3 rings (SSSR count). The molecule has 0 aromatic heterocycles. The van der Waals surface area contributed by atoms with Gasteiger partial charge in [-0.2, -0.15) is 0 Å². The number of hydrogen-bond acceptors (Lipinski definition) is 2. The van der Waals surface area contributed by atoms with Gasteiger partial charge in [0.25, 0.3) is 0 Å². The molecule has 1 aliphatic heterocycles. The van der Waals surface area contributed by atoms with E-state index in [4.69, 9.17) is 0 Å². The van der Waals surface area contributed by atoms with Crippen molar-refractivity contribution in [2.75, 3.05) is 26.7 Å². The van der Waals surface area contributed by atoms with Crippen LogP contribution in [0.15, 0.2) is 24.3 Å². The van der Waals surface area contributed by atoms with E-state index in [0.717, 1.165) is 31.0 Å². The fourth-order valence-electron chi connectivity index (χ4n) is 4.28. The molecule has 1 saturated heterocycles. The number of nitrogens with one attached hydrogen (secondary N) is 1. The topological polar surface area (TPSA) is 15.3 Å². The third kappa shape index (κ3) is 4.53. The lowest BCUT2D eigenvalue weighted by Gasteiger charge is -2.36. The van der Waals surface area contributed by atoms with Crippen LogP contribution in [0, 0.1) is 17.7 Å². The third-order valence-electron chi connectivity index (χ3n) is 5.30. The molecule has 1 aliphatic carbocycles. The van der Waals surface area contributed by atoms with Gasteiger partial charge in [0.1, 0.15) is 5.82 Å². The van der Waals surface area contributed by atoms with Crippen LogP contribution in [0.2, 0.25) is 0 Å². The first-order chi connectivity index (χ1) is 10.7. The van der Waals surface area contributed by atoms with Crippen molar-refractivity contribution in [3.63, 3.8) is 0 Å². The molecule has 1 aromatic carbocycles. The van der Waals surface area contributed by atoms with Gasteiger partial charge in [-0.05, 0) is 68.8 Å². The molecular formula is C19H29FN2. The van der Waals surface area contributed by atoms with E-state index in [1.165, 1.54) is 44.7 Å². The summed E-state index contributed by atoms with van der Waals surface area (Å²) in [5.41, 5.74) is 1.13. The van der Waals surface area contributed by atoms with Gasteiger partial charge >= 0.3 is 0 Å². The smallest absolute Gasteiger partial charge is 0.123 e. The summed E-state index contributed by atoms with van der Waals surface area (Å²) in [7, 11) is 2.21. The van der Waals surface area contributed by atoms with Crippen molar-refractivity contribution in [2.45, 2.75) is 44.6 Å². The average molecular weight is 304 g/mol. The average Bonchev–Trinajstić information content (AvgIpc) is 2.98. The normalized spacial score (nSPS) is 27.4. The number of piperidine rings is 1. The summed E-state index contributed by atoms with van der Waals surface area (Å²) in [6.45, 7) is 3.45. The van der Waals surface area contributed by atoms with Crippen molar-refractivity contribution in [1.29, 1.82) is 0 Å². The summed E-state index contributed by atoms with van der Waals surface area (Å²) in [6.07, 6.45) is 7.85. The molecule has 1 saturated carbocycles. The SMILES string of the molecule is CN1CC(Cc2cccc(F)c2)CC(NCC2CCCC2)C1. The van der Waals surface area contributed by atoms with E-state index in [1.54, 1.807) is 6.07 Å². The Morgan fingerprint density at radius 3 is 2.77 bits per heavy atom. The van der Waals surface area contributed by atoms with Crippen LogP contribution in [0.4, 0.5) is 4.39 Å². The lowest BCUT2D eigenvalue weighted by atomic mass is 9.88. The summed E-state index contributed by atoms with van der Waals surface area (Å²) < 4.78 is 13.3. The Morgan fingerprint density at radius 1 is 1.18 bits per heavy atom. The molecule has 0 bridgehead atoms. The van der Waals surface area contributed by atoms with E-state index >= 15 is 0 Å². The first-order valence-electron chi connectivity index (χ1n) is 8.85. The monoisotopic (exact) mass is 304 g/mol. The van der Waals surface area contributed by atoms with E-state index < -0.39 is 0 Å². The zero-order valence-electron chi connectivity index (χ0n) is 13.7. The van der Waals surface area contributed by atoms with E-state index in [0.29, 0.717) is 12.0 Å². The second-order valence-electron chi connectivity index (χ2n) is 7.41. The Morgan fingerprint density at radius 2 is 2.00 bits per heavy atom. The molecule has 3 heteroatoms. The van der Waals surface area contributed by atoms with Gasteiger partial charge in [0, 0.05) is 19.1 Å². The highest BCUT2D eigenvalue weighted by molar-refractivity contribution is 5.17. The molecule has 22 heavy (non-hydrogen) atoms. The maximum absolute atomic E-state index is 13.3. The molecule has 0 spiro atoms. The molecule has 0 amide bonds. The van der Waals surface area contributed by atoms with E-state index in [2.05, 4.69) is 23.3 Å². The third-order valence-corrected chi connectivity index (χ3v) is 5.30. The lowest BCUT2D eigenvalue weighted by Crippen LogP contribution is -2.49. The van der Waals surface area contributed by atoms with Gasteiger partial charge in [0.2, 0.25) is 0 Å². The van der Waals surface area contributed by atoms with Crippen molar-refractivity contribution < 1.29 is 4.39 Å². The summed E-state index contributed by atoms with van der Waals surface area (Å²) in [5, 5.41) is 3.81. The zero-order chi connectivity index (χ0) is 15.4. The first-order valence-corrected chi connectivity index (χ1v) is 8.85. The van der Waals surface area contributed by atoms with Gasteiger partial charge in [-0.15, -0.1) is 0 Å². The van der Waals surface area contributed by atoms with E-state index in [-0.39, 0.29) is 5.82 Å². The molecule has 1 heterocycles. The summed E-state index contributed by atoms with van der Waals surface area (Å²) in [4.78, 5) is 2.43. The Balaban J connectivity index is 1.51. The Labute approximate surface area is 134 Å². The molecule has 1 N–H and O–H groups in total. The first kappa shape index (κ1) is 15.9. The van der Waals surface area contributed by atoms with E-state index in [9.17, 15) is 4.39 Å². The van der Waals surface area contributed by atoms with Crippen LogP contribution in [0.5, 0.6) is 0 Å². The second kappa shape index (κ2) is 7.56. The molecule has 122 valence electrons. The zero-order valence-corrected chi connectivity index (χ0v) is 13.7. The Kier molecular flexibility index (Phi) is 5.48. The molecular weight excluding hydrogens is 275 g/mol. The largest absolute Gasteiger partial charge is 0.312 e. The second-order valence-corrected chi connectivity index (χ2v) is 7.41. The summed E-state index contributed by atoms with van der Waals surface area (Å²) in [5.74, 6) is 1.41. The fourth-order valence-corrected chi connectivity index (χ4v) is 4.28. The van der Waals surface area contributed by atoms with Crippen LogP contribution in [-0.2, 0) is 6.42 Å².